The first-order valence-corrected chi connectivity index (χ1v) is 5.55. The van der Waals surface area contributed by atoms with Gasteiger partial charge in [0.1, 0.15) is 0 Å². The molecule has 2 heteroatoms. The van der Waals surface area contributed by atoms with E-state index < -0.39 is 5.97 Å². The van der Waals surface area contributed by atoms with E-state index in [1.807, 2.05) is 13.0 Å². The van der Waals surface area contributed by atoms with E-state index >= 15 is 0 Å². The van der Waals surface area contributed by atoms with E-state index in [4.69, 9.17) is 5.11 Å². The first-order valence-electron chi connectivity index (χ1n) is 5.55. The van der Waals surface area contributed by atoms with Crippen LogP contribution in [0.3, 0.4) is 0 Å². The van der Waals surface area contributed by atoms with Crippen molar-refractivity contribution in [2.45, 2.75) is 32.6 Å². The highest BCUT2D eigenvalue weighted by atomic mass is 16.4. The van der Waals surface area contributed by atoms with Crippen molar-refractivity contribution in [2.24, 2.45) is 0 Å². The van der Waals surface area contributed by atoms with E-state index in [1.165, 1.54) is 0 Å². The fourth-order valence-corrected chi connectivity index (χ4v) is 2.10. The Morgan fingerprint density at radius 2 is 2.19 bits per heavy atom. The second kappa shape index (κ2) is 4.40. The Morgan fingerprint density at radius 1 is 1.38 bits per heavy atom. The van der Waals surface area contributed by atoms with Gasteiger partial charge in [-0.25, -0.2) is 4.79 Å². The predicted molar refractivity (Wildman–Crippen MR) is 62.6 cm³/mol. The molecular weight excluding hydrogens is 200 g/mol. The molecule has 0 aliphatic heterocycles. The van der Waals surface area contributed by atoms with E-state index in [0.29, 0.717) is 5.56 Å². The van der Waals surface area contributed by atoms with Crippen molar-refractivity contribution in [3.05, 3.63) is 34.4 Å². The molecule has 16 heavy (non-hydrogen) atoms. The topological polar surface area (TPSA) is 37.3 Å². The van der Waals surface area contributed by atoms with E-state index in [-0.39, 0.29) is 0 Å². The molecule has 1 N–H and O–H groups in total. The van der Waals surface area contributed by atoms with E-state index in [9.17, 15) is 4.79 Å². The summed E-state index contributed by atoms with van der Waals surface area (Å²) in [5.41, 5.74) is 3.40. The van der Waals surface area contributed by atoms with Gasteiger partial charge in [0.2, 0.25) is 0 Å². The maximum Gasteiger partial charge on any atom is 0.335 e. The lowest BCUT2D eigenvalue weighted by atomic mass is 9.92. The second-order valence-electron chi connectivity index (χ2n) is 4.08. The molecule has 1 aliphatic carbocycles. The Kier molecular flexibility index (Phi) is 2.96. The fraction of sp³-hybridized carbons (Fsp3) is 0.357. The van der Waals surface area contributed by atoms with Crippen LogP contribution in [0.1, 0.15) is 46.3 Å². The van der Waals surface area contributed by atoms with Crippen LogP contribution in [0.25, 0.3) is 0 Å². The Morgan fingerprint density at radius 3 is 2.94 bits per heavy atom. The highest BCUT2D eigenvalue weighted by molar-refractivity contribution is 5.90. The molecule has 0 aromatic heterocycles. The summed E-state index contributed by atoms with van der Waals surface area (Å²) in [5.74, 6) is 5.40. The van der Waals surface area contributed by atoms with Crippen molar-refractivity contribution < 1.29 is 9.90 Å². The van der Waals surface area contributed by atoms with Gasteiger partial charge in [0, 0.05) is 12.0 Å². The SMILES string of the molecule is Cc1c(C(=O)O)ccc2c1CCCCC#C2. The third-order valence-electron chi connectivity index (χ3n) is 3.03. The molecule has 0 atom stereocenters. The maximum atomic E-state index is 11.0. The lowest BCUT2D eigenvalue weighted by molar-refractivity contribution is 0.0696. The number of hydrogen-bond acceptors (Lipinski definition) is 1. The van der Waals surface area contributed by atoms with Gasteiger partial charge >= 0.3 is 5.97 Å². The van der Waals surface area contributed by atoms with Gasteiger partial charge in [-0.15, -0.1) is 0 Å². The second-order valence-corrected chi connectivity index (χ2v) is 4.08. The first-order chi connectivity index (χ1) is 7.70. The summed E-state index contributed by atoms with van der Waals surface area (Å²) >= 11 is 0. The van der Waals surface area contributed by atoms with Crippen LogP contribution in [0.15, 0.2) is 12.1 Å². The zero-order chi connectivity index (χ0) is 11.5. The lowest BCUT2D eigenvalue weighted by Gasteiger charge is -2.12. The van der Waals surface area contributed by atoms with Crippen LogP contribution in [0, 0.1) is 18.8 Å². The zero-order valence-corrected chi connectivity index (χ0v) is 9.34. The number of rotatable bonds is 1. The number of aromatic carboxylic acids is 1. The molecule has 0 bridgehead atoms. The Labute approximate surface area is 95.3 Å². The highest BCUT2D eigenvalue weighted by Crippen LogP contribution is 2.22. The highest BCUT2D eigenvalue weighted by Gasteiger charge is 2.13. The Balaban J connectivity index is 2.57. The van der Waals surface area contributed by atoms with Gasteiger partial charge in [0.15, 0.2) is 0 Å². The molecule has 0 fully saturated rings. The van der Waals surface area contributed by atoms with Gasteiger partial charge < -0.3 is 5.11 Å². The maximum absolute atomic E-state index is 11.0. The molecule has 0 unspecified atom stereocenters. The quantitative estimate of drug-likeness (QED) is 0.730. The standard InChI is InChI=1S/C14H14O2/c1-10-12-7-5-3-2-4-6-11(12)8-9-13(10)14(15)16/h8-9H,2-3,5,7H2,1H3,(H,15,16). The van der Waals surface area contributed by atoms with Crippen LogP contribution in [0.4, 0.5) is 0 Å². The molecule has 0 saturated heterocycles. The van der Waals surface area contributed by atoms with Crippen molar-refractivity contribution >= 4 is 5.97 Å². The normalized spacial score (nSPS) is 14.1. The van der Waals surface area contributed by atoms with Crippen molar-refractivity contribution in [1.82, 2.24) is 0 Å². The largest absolute Gasteiger partial charge is 0.478 e. The molecule has 2 rings (SSSR count). The lowest BCUT2D eigenvalue weighted by Crippen LogP contribution is -2.05. The third-order valence-corrected chi connectivity index (χ3v) is 3.03. The summed E-state index contributed by atoms with van der Waals surface area (Å²) in [7, 11) is 0. The summed E-state index contributed by atoms with van der Waals surface area (Å²) in [5, 5.41) is 9.06. The van der Waals surface area contributed by atoms with Gasteiger partial charge in [0.25, 0.3) is 0 Å². The molecule has 1 aromatic rings. The molecule has 0 amide bonds. The number of fused-ring (bicyclic) bond motifs is 1. The van der Waals surface area contributed by atoms with Gasteiger partial charge in [-0.3, -0.25) is 0 Å². The van der Waals surface area contributed by atoms with E-state index in [2.05, 4.69) is 11.8 Å². The minimum Gasteiger partial charge on any atom is -0.478 e. The van der Waals surface area contributed by atoms with Crippen LogP contribution in [-0.2, 0) is 6.42 Å². The molecule has 1 aromatic carbocycles. The van der Waals surface area contributed by atoms with Crippen LogP contribution in [-0.4, -0.2) is 11.1 Å². The number of carboxylic acids is 1. The van der Waals surface area contributed by atoms with Crippen molar-refractivity contribution in [3.63, 3.8) is 0 Å². The number of hydrogen-bond donors (Lipinski definition) is 1. The molecule has 82 valence electrons. The minimum absolute atomic E-state index is 0.404. The monoisotopic (exact) mass is 214 g/mol. The Bertz CT molecular complexity index is 489. The molecule has 1 aliphatic rings. The van der Waals surface area contributed by atoms with Gasteiger partial charge in [-0.2, -0.15) is 0 Å². The molecule has 2 nitrogen and oxygen atoms in total. The number of benzene rings is 1. The molecular formula is C14H14O2. The van der Waals surface area contributed by atoms with E-state index in [0.717, 1.165) is 42.4 Å². The van der Waals surface area contributed by atoms with E-state index in [1.54, 1.807) is 6.07 Å². The van der Waals surface area contributed by atoms with Crippen molar-refractivity contribution in [1.29, 1.82) is 0 Å². The van der Waals surface area contributed by atoms with Crippen LogP contribution in [0.2, 0.25) is 0 Å². The third kappa shape index (κ3) is 1.94. The molecule has 0 saturated carbocycles. The fourth-order valence-electron chi connectivity index (χ4n) is 2.10. The van der Waals surface area contributed by atoms with Crippen molar-refractivity contribution in [3.8, 4) is 11.8 Å². The van der Waals surface area contributed by atoms with Gasteiger partial charge in [-0.05, 0) is 49.4 Å². The van der Waals surface area contributed by atoms with Crippen LogP contribution in [0.5, 0.6) is 0 Å². The van der Waals surface area contributed by atoms with Gasteiger partial charge in [0.05, 0.1) is 5.56 Å². The zero-order valence-electron chi connectivity index (χ0n) is 9.34. The summed E-state index contributed by atoms with van der Waals surface area (Å²) in [6.07, 6.45) is 4.07. The molecule has 0 heterocycles. The molecule has 0 spiro atoms. The summed E-state index contributed by atoms with van der Waals surface area (Å²) in [6.45, 7) is 1.88. The smallest absolute Gasteiger partial charge is 0.335 e. The number of carbonyl (C=O) groups is 1. The van der Waals surface area contributed by atoms with Crippen molar-refractivity contribution in [2.75, 3.05) is 0 Å². The average molecular weight is 214 g/mol. The first kappa shape index (κ1) is 10.8. The minimum atomic E-state index is -0.852. The van der Waals surface area contributed by atoms with Gasteiger partial charge in [-0.1, -0.05) is 11.8 Å². The number of carboxylic acid groups (broad SMARTS) is 1. The Hall–Kier alpha value is -1.75. The average Bonchev–Trinajstić information content (AvgIpc) is 2.19. The van der Waals surface area contributed by atoms with Crippen LogP contribution >= 0.6 is 0 Å². The summed E-state index contributed by atoms with van der Waals surface area (Å²) in [6, 6.07) is 3.50. The van der Waals surface area contributed by atoms with Crippen LogP contribution < -0.4 is 0 Å². The summed E-state index contributed by atoms with van der Waals surface area (Å²) in [4.78, 5) is 11.0. The predicted octanol–water partition coefficient (Wildman–Crippen LogP) is 2.77. The summed E-state index contributed by atoms with van der Waals surface area (Å²) < 4.78 is 0. The molecule has 0 radical (unpaired) electrons.